The van der Waals surface area contributed by atoms with E-state index in [1.54, 1.807) is 14.1 Å². The predicted molar refractivity (Wildman–Crippen MR) is 113 cm³/mol. The van der Waals surface area contributed by atoms with Crippen LogP contribution in [0.5, 0.6) is 11.5 Å². The smallest absolute Gasteiger partial charge is 0.340 e. The molecule has 0 spiro atoms. The zero-order valence-electron chi connectivity index (χ0n) is 17.3. The van der Waals surface area contributed by atoms with Crippen LogP contribution in [0.15, 0.2) is 54.6 Å². The van der Waals surface area contributed by atoms with Gasteiger partial charge in [-0.25, -0.2) is 10.2 Å². The molecule has 6 nitrogen and oxygen atoms in total. The molecule has 2 aromatic carbocycles. The molecule has 0 radical (unpaired) electrons. The maximum absolute atomic E-state index is 12.6. The summed E-state index contributed by atoms with van der Waals surface area (Å²) in [5.41, 5.74) is 1.31. The summed E-state index contributed by atoms with van der Waals surface area (Å²) in [7, 11) is -0.00613. The minimum absolute atomic E-state index is 0.0833. The van der Waals surface area contributed by atoms with Crippen molar-refractivity contribution < 1.29 is 18.6 Å². The molecule has 154 valence electrons. The Kier molecular flexibility index (Phi) is 8.08. The Labute approximate surface area is 168 Å². The molecule has 0 amide bonds. The monoisotopic (exact) mass is 406 g/mol. The second-order valence-electron chi connectivity index (χ2n) is 7.44. The molecule has 0 aromatic heterocycles. The van der Waals surface area contributed by atoms with Gasteiger partial charge in [-0.1, -0.05) is 51.1 Å². The van der Waals surface area contributed by atoms with Gasteiger partial charge in [-0.2, -0.15) is 0 Å². The Morgan fingerprint density at radius 3 is 1.82 bits per heavy atom. The van der Waals surface area contributed by atoms with Crippen molar-refractivity contribution in [2.45, 2.75) is 32.3 Å². The van der Waals surface area contributed by atoms with Gasteiger partial charge in [0.05, 0.1) is 0 Å². The van der Waals surface area contributed by atoms with Gasteiger partial charge in [-0.05, 0) is 49.3 Å². The van der Waals surface area contributed by atoms with Crippen LogP contribution in [-0.2, 0) is 14.5 Å². The van der Waals surface area contributed by atoms with E-state index in [1.807, 2.05) is 42.5 Å². The number of nitrogens with one attached hydrogen (secondary N) is 2. The van der Waals surface area contributed by atoms with E-state index in [1.165, 1.54) is 5.56 Å². The van der Waals surface area contributed by atoms with Gasteiger partial charge in [-0.3, -0.25) is 9.09 Å². The van der Waals surface area contributed by atoms with Crippen LogP contribution in [0, 0.1) is 0 Å². The fourth-order valence-electron chi connectivity index (χ4n) is 2.48. The SMILES string of the molecule is CNP(=O)(NC)OC(COc1ccccc1)COc1ccc(C(C)(C)C)cc1. The average Bonchev–Trinajstić information content (AvgIpc) is 2.70. The highest BCUT2D eigenvalue weighted by atomic mass is 31.2. The lowest BCUT2D eigenvalue weighted by atomic mass is 9.87. The first kappa shape index (κ1) is 22.4. The van der Waals surface area contributed by atoms with Crippen molar-refractivity contribution in [1.82, 2.24) is 10.2 Å². The molecule has 2 aromatic rings. The highest BCUT2D eigenvalue weighted by Crippen LogP contribution is 2.37. The first-order valence-corrected chi connectivity index (χ1v) is 11.0. The summed E-state index contributed by atoms with van der Waals surface area (Å²) in [5.74, 6) is 1.44. The van der Waals surface area contributed by atoms with Crippen LogP contribution in [0.3, 0.4) is 0 Å². The minimum Gasteiger partial charge on any atom is -0.491 e. The van der Waals surface area contributed by atoms with E-state index >= 15 is 0 Å². The van der Waals surface area contributed by atoms with Crippen molar-refractivity contribution in [2.24, 2.45) is 0 Å². The molecule has 0 aliphatic heterocycles. The molecule has 2 rings (SSSR count). The third-order valence-electron chi connectivity index (χ3n) is 4.22. The van der Waals surface area contributed by atoms with E-state index in [2.05, 4.69) is 43.1 Å². The summed E-state index contributed by atoms with van der Waals surface area (Å²) in [6.45, 7) is 6.91. The van der Waals surface area contributed by atoms with Crippen molar-refractivity contribution in [1.29, 1.82) is 0 Å². The van der Waals surface area contributed by atoms with Crippen LogP contribution in [0.1, 0.15) is 26.3 Å². The Morgan fingerprint density at radius 1 is 0.857 bits per heavy atom. The van der Waals surface area contributed by atoms with E-state index in [9.17, 15) is 4.57 Å². The normalized spacial score (nSPS) is 13.2. The van der Waals surface area contributed by atoms with Gasteiger partial charge in [0.1, 0.15) is 30.8 Å². The van der Waals surface area contributed by atoms with E-state index in [4.69, 9.17) is 14.0 Å². The van der Waals surface area contributed by atoms with Gasteiger partial charge < -0.3 is 9.47 Å². The van der Waals surface area contributed by atoms with Crippen molar-refractivity contribution in [3.63, 3.8) is 0 Å². The van der Waals surface area contributed by atoms with Crippen molar-refractivity contribution in [3.05, 3.63) is 60.2 Å². The average molecular weight is 406 g/mol. The Bertz CT molecular complexity index is 752. The minimum atomic E-state index is -3.17. The number of rotatable bonds is 10. The van der Waals surface area contributed by atoms with E-state index in [-0.39, 0.29) is 18.6 Å². The van der Waals surface area contributed by atoms with Crippen LogP contribution in [0.25, 0.3) is 0 Å². The Hall–Kier alpha value is -1.85. The predicted octanol–water partition coefficient (Wildman–Crippen LogP) is 4.37. The molecule has 28 heavy (non-hydrogen) atoms. The van der Waals surface area contributed by atoms with Crippen LogP contribution in [0.4, 0.5) is 0 Å². The van der Waals surface area contributed by atoms with Crippen LogP contribution >= 0.6 is 7.67 Å². The van der Waals surface area contributed by atoms with Gasteiger partial charge in [0.2, 0.25) is 0 Å². The van der Waals surface area contributed by atoms with E-state index in [0.717, 1.165) is 11.5 Å². The fourth-order valence-corrected chi connectivity index (χ4v) is 3.46. The molecule has 2 N–H and O–H groups in total. The van der Waals surface area contributed by atoms with Crippen molar-refractivity contribution in [3.8, 4) is 11.5 Å². The maximum Gasteiger partial charge on any atom is 0.340 e. The molecule has 0 aliphatic rings. The molecule has 1 unspecified atom stereocenters. The number of ether oxygens (including phenoxy) is 2. The summed E-state index contributed by atoms with van der Waals surface area (Å²) in [6, 6.07) is 17.4. The van der Waals surface area contributed by atoms with E-state index in [0.29, 0.717) is 0 Å². The largest absolute Gasteiger partial charge is 0.491 e. The number of hydrogen-bond donors (Lipinski definition) is 2. The molecule has 1 atom stereocenters. The Morgan fingerprint density at radius 2 is 1.36 bits per heavy atom. The highest BCUT2D eigenvalue weighted by molar-refractivity contribution is 7.54. The molecule has 0 saturated carbocycles. The summed E-state index contributed by atoms with van der Waals surface area (Å²) in [6.07, 6.45) is -0.534. The van der Waals surface area contributed by atoms with Crippen LogP contribution < -0.4 is 19.6 Å². The zero-order valence-corrected chi connectivity index (χ0v) is 18.2. The lowest BCUT2D eigenvalue weighted by molar-refractivity contribution is 0.0803. The first-order valence-electron chi connectivity index (χ1n) is 9.33. The number of benzene rings is 2. The third-order valence-corrected chi connectivity index (χ3v) is 5.99. The van der Waals surface area contributed by atoms with Gasteiger partial charge in [0.25, 0.3) is 0 Å². The Balaban J connectivity index is 2.02. The quantitative estimate of drug-likeness (QED) is 0.571. The first-order chi connectivity index (χ1) is 13.3. The molecule has 7 heteroatoms. The topological polar surface area (TPSA) is 68.8 Å². The molecular weight excluding hydrogens is 375 g/mol. The number of hydrogen-bond acceptors (Lipinski definition) is 4. The van der Waals surface area contributed by atoms with Crippen LogP contribution in [-0.4, -0.2) is 33.4 Å². The third kappa shape index (κ3) is 6.95. The van der Waals surface area contributed by atoms with Gasteiger partial charge in [-0.15, -0.1) is 0 Å². The molecule has 0 bridgehead atoms. The summed E-state index contributed by atoms with van der Waals surface area (Å²) >= 11 is 0. The standard InChI is InChI=1S/C21H31N2O4P/c1-21(2,3)17-11-13-19(14-12-17)26-16-20(27-28(24,22-4)23-5)15-25-18-9-7-6-8-10-18/h6-14,20H,15-16H2,1-5H3,(H2,22,23,24). The molecule has 0 fully saturated rings. The van der Waals surface area contributed by atoms with Gasteiger partial charge in [0.15, 0.2) is 0 Å². The van der Waals surface area contributed by atoms with E-state index < -0.39 is 13.8 Å². The lowest BCUT2D eigenvalue weighted by Crippen LogP contribution is -2.32. The fraction of sp³-hybridized carbons (Fsp3) is 0.429. The summed E-state index contributed by atoms with van der Waals surface area (Å²) < 4.78 is 30.0. The van der Waals surface area contributed by atoms with Gasteiger partial charge in [0, 0.05) is 0 Å². The molecule has 0 aliphatic carbocycles. The van der Waals surface area contributed by atoms with Crippen molar-refractivity contribution >= 4 is 7.67 Å². The zero-order chi connectivity index (χ0) is 20.6. The summed E-state index contributed by atoms with van der Waals surface area (Å²) in [4.78, 5) is 0. The lowest BCUT2D eigenvalue weighted by Gasteiger charge is -2.24. The van der Waals surface area contributed by atoms with Crippen LogP contribution in [0.2, 0.25) is 0 Å². The highest BCUT2D eigenvalue weighted by Gasteiger charge is 2.25. The molecule has 0 heterocycles. The molecule has 0 saturated heterocycles. The van der Waals surface area contributed by atoms with Crippen molar-refractivity contribution in [2.75, 3.05) is 27.3 Å². The maximum atomic E-state index is 12.6. The second-order valence-corrected chi connectivity index (χ2v) is 9.64. The summed E-state index contributed by atoms with van der Waals surface area (Å²) in [5, 5.41) is 5.38. The number of para-hydroxylation sites is 1. The second kappa shape index (κ2) is 10.1. The molecular formula is C21H31N2O4P. The van der Waals surface area contributed by atoms with Gasteiger partial charge >= 0.3 is 7.67 Å².